The van der Waals surface area contributed by atoms with E-state index in [1.807, 2.05) is 0 Å². The van der Waals surface area contributed by atoms with E-state index < -0.39 is 67.4 Å². The van der Waals surface area contributed by atoms with Crippen molar-refractivity contribution < 1.29 is 63.6 Å². The highest BCUT2D eigenvalue weighted by atomic mass is 16.8. The fraction of sp³-hybridized carbons (Fsp3) is 0.629. The van der Waals surface area contributed by atoms with Crippen LogP contribution < -0.4 is 10.6 Å². The van der Waals surface area contributed by atoms with Gasteiger partial charge in [0.25, 0.3) is 0 Å². The van der Waals surface area contributed by atoms with E-state index in [4.69, 9.17) is 28.8 Å². The third-order valence-corrected chi connectivity index (χ3v) is 9.69. The molecular weight excluding hydrogens is 656 g/mol. The average Bonchev–Trinajstić information content (AvgIpc) is 4.07. The molecule has 0 spiro atoms. The van der Waals surface area contributed by atoms with Crippen LogP contribution in [0.5, 0.6) is 0 Å². The van der Waals surface area contributed by atoms with Crippen molar-refractivity contribution in [2.24, 2.45) is 11.8 Å². The van der Waals surface area contributed by atoms with Crippen LogP contribution in [-0.4, -0.2) is 131 Å². The topological polar surface area (TPSA) is 223 Å². The van der Waals surface area contributed by atoms with Crippen molar-refractivity contribution in [2.75, 3.05) is 32.9 Å². The molecule has 50 heavy (non-hydrogen) atoms. The zero-order valence-electron chi connectivity index (χ0n) is 27.6. The van der Waals surface area contributed by atoms with Gasteiger partial charge in [0.05, 0.1) is 25.4 Å². The number of esters is 1. The van der Waals surface area contributed by atoms with Gasteiger partial charge in [0, 0.05) is 43.3 Å². The van der Waals surface area contributed by atoms with Gasteiger partial charge in [-0.3, -0.25) is 9.59 Å². The molecule has 0 unspecified atom stereocenters. The molecule has 2 amide bonds. The Balaban J connectivity index is 1.06. The number of hydrogen-bond acceptors (Lipinski definition) is 13. The summed E-state index contributed by atoms with van der Waals surface area (Å²) in [5.41, 5.74) is 1.41. The Morgan fingerprint density at radius 3 is 2.30 bits per heavy atom. The summed E-state index contributed by atoms with van der Waals surface area (Å²) in [5.74, 6) is -1.47. The summed E-state index contributed by atoms with van der Waals surface area (Å²) in [5, 5.41) is 53.5. The Bertz CT molecular complexity index is 1410. The SMILES string of the molecule is O=C(CCNC(=O)C1=C[C@H]2OC(C3CC3)(C3CC3)O[C@H]2[C@H](OC(=O)c2ccc(C=CCO[C@H]3O[C@H](CO)[C@H](O)[C@H](O)[C@H]3O)cc2)C1)NCCO. The summed E-state index contributed by atoms with van der Waals surface area (Å²) in [7, 11) is 0. The molecule has 2 aliphatic heterocycles. The van der Waals surface area contributed by atoms with Crippen molar-refractivity contribution in [2.45, 2.75) is 93.3 Å². The van der Waals surface area contributed by atoms with Crippen LogP contribution in [0.25, 0.3) is 6.08 Å². The molecule has 2 saturated carbocycles. The van der Waals surface area contributed by atoms with E-state index in [2.05, 4.69) is 10.6 Å². The molecule has 5 aliphatic rings. The molecule has 0 bridgehead atoms. The van der Waals surface area contributed by atoms with Gasteiger partial charge in [0.15, 0.2) is 12.1 Å². The number of amides is 2. The summed E-state index contributed by atoms with van der Waals surface area (Å²) in [6.45, 7) is -0.507. The van der Waals surface area contributed by atoms with Crippen LogP contribution in [-0.2, 0) is 33.3 Å². The minimum absolute atomic E-state index is 0.0116. The number of ether oxygens (including phenoxy) is 5. The molecule has 8 atom stereocenters. The van der Waals surface area contributed by atoms with Gasteiger partial charge < -0.3 is 59.9 Å². The zero-order chi connectivity index (χ0) is 35.4. The zero-order valence-corrected chi connectivity index (χ0v) is 27.6. The predicted octanol–water partition coefficient (Wildman–Crippen LogP) is -0.713. The fourth-order valence-corrected chi connectivity index (χ4v) is 6.73. The van der Waals surface area contributed by atoms with Crippen LogP contribution in [0.4, 0.5) is 0 Å². The lowest BCUT2D eigenvalue weighted by molar-refractivity contribution is -0.298. The van der Waals surface area contributed by atoms with Crippen molar-refractivity contribution in [3.8, 4) is 0 Å². The predicted molar refractivity (Wildman–Crippen MR) is 173 cm³/mol. The van der Waals surface area contributed by atoms with Gasteiger partial charge >= 0.3 is 5.97 Å². The molecule has 2 saturated heterocycles. The number of aliphatic hydroxyl groups excluding tert-OH is 5. The average molecular weight is 703 g/mol. The number of rotatable bonds is 15. The van der Waals surface area contributed by atoms with Crippen molar-refractivity contribution in [3.05, 3.63) is 53.1 Å². The maximum absolute atomic E-state index is 13.4. The second-order valence-electron chi connectivity index (χ2n) is 13.4. The minimum atomic E-state index is -1.53. The van der Waals surface area contributed by atoms with Crippen LogP contribution in [0.2, 0.25) is 0 Å². The molecule has 15 heteroatoms. The minimum Gasteiger partial charge on any atom is -0.456 e. The van der Waals surface area contributed by atoms with Crippen molar-refractivity contribution in [1.29, 1.82) is 0 Å². The smallest absolute Gasteiger partial charge is 0.338 e. The quantitative estimate of drug-likeness (QED) is 0.112. The molecule has 15 nitrogen and oxygen atoms in total. The van der Waals surface area contributed by atoms with Gasteiger partial charge in [-0.25, -0.2) is 4.79 Å². The van der Waals surface area contributed by atoms with Gasteiger partial charge in [-0.05, 0) is 49.5 Å². The number of aliphatic hydroxyl groups is 5. The number of carbonyl (C=O) groups is 3. The molecule has 274 valence electrons. The van der Waals surface area contributed by atoms with E-state index in [9.17, 15) is 34.8 Å². The van der Waals surface area contributed by atoms with E-state index in [1.54, 1.807) is 42.5 Å². The molecule has 1 aromatic rings. The Kier molecular flexibility index (Phi) is 11.7. The molecule has 2 heterocycles. The normalized spacial score (nSPS) is 31.9. The molecule has 7 N–H and O–H groups in total. The lowest BCUT2D eigenvalue weighted by Gasteiger charge is -2.39. The molecule has 3 aliphatic carbocycles. The Hall–Kier alpha value is -3.25. The number of hydrogen-bond donors (Lipinski definition) is 7. The summed E-state index contributed by atoms with van der Waals surface area (Å²) in [6.07, 6.45) is 0.506. The van der Waals surface area contributed by atoms with Gasteiger partial charge in [-0.1, -0.05) is 24.3 Å². The van der Waals surface area contributed by atoms with Crippen LogP contribution >= 0.6 is 0 Å². The third kappa shape index (κ3) is 8.27. The largest absolute Gasteiger partial charge is 0.456 e. The molecule has 6 rings (SSSR count). The summed E-state index contributed by atoms with van der Waals surface area (Å²) < 4.78 is 30.0. The van der Waals surface area contributed by atoms with Crippen LogP contribution in [0.3, 0.4) is 0 Å². The van der Waals surface area contributed by atoms with Crippen molar-refractivity contribution >= 4 is 23.9 Å². The lowest BCUT2D eigenvalue weighted by Crippen LogP contribution is -2.59. The first-order valence-corrected chi connectivity index (χ1v) is 17.2. The molecular formula is C35H46N2O13. The Morgan fingerprint density at radius 2 is 1.64 bits per heavy atom. The highest BCUT2D eigenvalue weighted by Crippen LogP contribution is 2.59. The lowest BCUT2D eigenvalue weighted by atomic mass is 9.91. The highest BCUT2D eigenvalue weighted by molar-refractivity contribution is 5.94. The first-order chi connectivity index (χ1) is 24.1. The third-order valence-electron chi connectivity index (χ3n) is 9.69. The van der Waals surface area contributed by atoms with Crippen molar-refractivity contribution in [1.82, 2.24) is 10.6 Å². The summed E-state index contributed by atoms with van der Waals surface area (Å²) in [6, 6.07) is 6.63. The fourth-order valence-electron chi connectivity index (χ4n) is 6.73. The number of nitrogens with one attached hydrogen (secondary N) is 2. The number of fused-ring (bicyclic) bond motifs is 1. The number of carbonyl (C=O) groups excluding carboxylic acids is 3. The van der Waals surface area contributed by atoms with E-state index in [0.29, 0.717) is 11.1 Å². The number of benzene rings is 1. The molecule has 0 radical (unpaired) electrons. The van der Waals surface area contributed by atoms with E-state index >= 15 is 0 Å². The summed E-state index contributed by atoms with van der Waals surface area (Å²) >= 11 is 0. The van der Waals surface area contributed by atoms with E-state index in [-0.39, 0.29) is 62.8 Å². The summed E-state index contributed by atoms with van der Waals surface area (Å²) in [4.78, 5) is 38.5. The van der Waals surface area contributed by atoms with E-state index in [1.165, 1.54) is 0 Å². The second kappa shape index (κ2) is 16.0. The monoisotopic (exact) mass is 702 g/mol. The van der Waals surface area contributed by atoms with Crippen LogP contribution in [0.1, 0.15) is 54.4 Å². The van der Waals surface area contributed by atoms with E-state index in [0.717, 1.165) is 31.2 Å². The Morgan fingerprint density at radius 1 is 0.920 bits per heavy atom. The first kappa shape index (κ1) is 36.5. The molecule has 1 aromatic carbocycles. The second-order valence-corrected chi connectivity index (χ2v) is 13.4. The van der Waals surface area contributed by atoms with Crippen molar-refractivity contribution in [3.63, 3.8) is 0 Å². The highest BCUT2D eigenvalue weighted by Gasteiger charge is 2.64. The standard InChI is InChI=1S/C35H46N2O13/c38-14-13-36-27(40)11-12-37-32(44)21-16-24(31-25(17-21)49-35(50-31,22-7-8-22)23-9-10-23)47-33(45)20-5-3-19(4-6-20)2-1-15-46-34-30(43)29(42)28(41)26(18-39)48-34/h1-6,17,22-26,28-31,34,38-39,41-43H,7-16,18H2,(H,36,40)(H,37,44)/t24-,25-,26-,28+,29+,30-,31+,34+/m1/s1. The maximum Gasteiger partial charge on any atom is 0.338 e. The maximum atomic E-state index is 13.4. The van der Waals surface area contributed by atoms with Crippen LogP contribution in [0, 0.1) is 11.8 Å². The molecule has 4 fully saturated rings. The molecule has 0 aromatic heterocycles. The Labute approximate surface area is 289 Å². The van der Waals surface area contributed by atoms with Gasteiger partial charge in [0.2, 0.25) is 11.8 Å². The van der Waals surface area contributed by atoms with Gasteiger partial charge in [-0.2, -0.15) is 0 Å². The van der Waals surface area contributed by atoms with Crippen LogP contribution in [0.15, 0.2) is 42.0 Å². The van der Waals surface area contributed by atoms with Gasteiger partial charge in [0.1, 0.15) is 42.7 Å². The first-order valence-electron chi connectivity index (χ1n) is 17.2. The van der Waals surface area contributed by atoms with Gasteiger partial charge in [-0.15, -0.1) is 0 Å².